The first-order chi connectivity index (χ1) is 10.3. The van der Waals surface area contributed by atoms with E-state index < -0.39 is 0 Å². The summed E-state index contributed by atoms with van der Waals surface area (Å²) in [5.41, 5.74) is 3.08. The number of allylic oxidation sites excluding steroid dienone is 1. The molecule has 0 fully saturated rings. The van der Waals surface area contributed by atoms with Crippen molar-refractivity contribution in [2.75, 3.05) is 0 Å². The van der Waals surface area contributed by atoms with Gasteiger partial charge in [-0.25, -0.2) is 0 Å². The summed E-state index contributed by atoms with van der Waals surface area (Å²) < 4.78 is 1.79. The minimum absolute atomic E-state index is 0.0215. The second kappa shape index (κ2) is 6.30. The third-order valence-electron chi connectivity index (χ3n) is 3.62. The normalized spacial score (nSPS) is 12.3. The smallest absolute Gasteiger partial charge is 0.189 e. The first kappa shape index (κ1) is 16.2. The molecule has 1 heterocycles. The zero-order valence-corrected chi connectivity index (χ0v) is 14.0. The second-order valence-electron chi connectivity index (χ2n) is 6.87. The predicted octanol–water partition coefficient (Wildman–Crippen LogP) is 4.66. The molecule has 3 heteroatoms. The topological polar surface area (TPSA) is 34.9 Å². The average molecular weight is 296 g/mol. The molecule has 0 bridgehead atoms. The van der Waals surface area contributed by atoms with Crippen molar-refractivity contribution < 1.29 is 4.79 Å². The molecule has 0 aliphatic heterocycles. The maximum Gasteiger partial charge on any atom is 0.189 e. The van der Waals surface area contributed by atoms with E-state index in [2.05, 4.69) is 38.0 Å². The van der Waals surface area contributed by atoms with Crippen molar-refractivity contribution in [1.82, 2.24) is 9.78 Å². The van der Waals surface area contributed by atoms with E-state index in [0.29, 0.717) is 5.56 Å². The number of rotatable bonds is 4. The number of ketones is 1. The fourth-order valence-corrected chi connectivity index (χ4v) is 2.11. The van der Waals surface area contributed by atoms with E-state index in [9.17, 15) is 4.79 Å². The third kappa shape index (κ3) is 3.94. The van der Waals surface area contributed by atoms with Gasteiger partial charge in [-0.1, -0.05) is 51.1 Å². The molecule has 0 saturated carbocycles. The molecule has 2 rings (SSSR count). The van der Waals surface area contributed by atoms with Crippen molar-refractivity contribution in [3.63, 3.8) is 0 Å². The van der Waals surface area contributed by atoms with Gasteiger partial charge in [0.15, 0.2) is 5.78 Å². The Balaban J connectivity index is 2.09. The number of nitrogens with zero attached hydrogens (tertiary/aromatic N) is 2. The summed E-state index contributed by atoms with van der Waals surface area (Å²) in [6.45, 7) is 10.6. The van der Waals surface area contributed by atoms with Crippen LogP contribution in [0.4, 0.5) is 0 Å². The van der Waals surface area contributed by atoms with Gasteiger partial charge in [0.1, 0.15) is 0 Å². The molecule has 0 aliphatic rings. The van der Waals surface area contributed by atoms with Crippen LogP contribution in [0.2, 0.25) is 0 Å². The van der Waals surface area contributed by atoms with E-state index in [1.54, 1.807) is 23.2 Å². The third-order valence-corrected chi connectivity index (χ3v) is 3.62. The predicted molar refractivity (Wildman–Crippen MR) is 91.1 cm³/mol. The van der Waals surface area contributed by atoms with Crippen LogP contribution in [0.15, 0.2) is 42.7 Å². The van der Waals surface area contributed by atoms with Crippen LogP contribution >= 0.6 is 0 Å². The lowest BCUT2D eigenvalue weighted by Crippen LogP contribution is -2.10. The molecule has 0 spiro atoms. The van der Waals surface area contributed by atoms with Crippen LogP contribution in [-0.4, -0.2) is 15.6 Å². The number of aromatic nitrogens is 2. The fourth-order valence-electron chi connectivity index (χ4n) is 2.11. The van der Waals surface area contributed by atoms with Crippen molar-refractivity contribution >= 4 is 11.9 Å². The summed E-state index contributed by atoms with van der Waals surface area (Å²) >= 11 is 0. The summed E-state index contributed by atoms with van der Waals surface area (Å²) in [6.07, 6.45) is 6.87. The molecule has 0 amide bonds. The molecule has 0 radical (unpaired) electrons. The Morgan fingerprint density at radius 2 is 1.82 bits per heavy atom. The largest absolute Gasteiger partial charge is 0.289 e. The molecule has 3 nitrogen and oxygen atoms in total. The number of carbonyl (C=O) groups excluding carboxylic acids is 1. The second-order valence-corrected chi connectivity index (χ2v) is 6.87. The Hall–Kier alpha value is -2.16. The van der Waals surface area contributed by atoms with Crippen molar-refractivity contribution in [2.45, 2.75) is 46.1 Å². The summed E-state index contributed by atoms with van der Waals surface area (Å²) in [6, 6.07) is 8.57. The highest BCUT2D eigenvalue weighted by molar-refractivity contribution is 6.06. The molecule has 2 aromatic rings. The molecule has 0 saturated heterocycles. The molecule has 116 valence electrons. The Labute approximate surface area is 132 Å². The molecule has 0 unspecified atom stereocenters. The minimum Gasteiger partial charge on any atom is -0.289 e. The summed E-state index contributed by atoms with van der Waals surface area (Å²) in [5, 5.41) is 4.19. The lowest BCUT2D eigenvalue weighted by atomic mass is 9.87. The molecule has 1 aromatic carbocycles. The van der Waals surface area contributed by atoms with E-state index in [-0.39, 0.29) is 17.2 Å². The van der Waals surface area contributed by atoms with Gasteiger partial charge in [-0.15, -0.1) is 0 Å². The number of benzene rings is 1. The zero-order valence-electron chi connectivity index (χ0n) is 14.0. The SMILES string of the molecule is CC(C)n1cc(C(=O)C=Cc2ccc(C(C)(C)C)cc2)cn1. The maximum absolute atomic E-state index is 12.1. The van der Waals surface area contributed by atoms with Crippen LogP contribution in [0.3, 0.4) is 0 Å². The van der Waals surface area contributed by atoms with Crippen LogP contribution in [0.5, 0.6) is 0 Å². The van der Waals surface area contributed by atoms with Gasteiger partial charge in [0.05, 0.1) is 11.8 Å². The number of carbonyl (C=O) groups is 1. The molecule has 22 heavy (non-hydrogen) atoms. The van der Waals surface area contributed by atoms with Gasteiger partial charge in [0, 0.05) is 12.2 Å². The van der Waals surface area contributed by atoms with Gasteiger partial charge >= 0.3 is 0 Å². The van der Waals surface area contributed by atoms with Gasteiger partial charge in [0.25, 0.3) is 0 Å². The molecule has 0 N–H and O–H groups in total. The van der Waals surface area contributed by atoms with Crippen molar-refractivity contribution in [1.29, 1.82) is 0 Å². The highest BCUT2D eigenvalue weighted by Crippen LogP contribution is 2.22. The highest BCUT2D eigenvalue weighted by atomic mass is 16.1. The maximum atomic E-state index is 12.1. The number of hydrogen-bond acceptors (Lipinski definition) is 2. The molecular weight excluding hydrogens is 272 g/mol. The quantitative estimate of drug-likeness (QED) is 0.607. The van der Waals surface area contributed by atoms with Crippen molar-refractivity contribution in [3.8, 4) is 0 Å². The fraction of sp³-hybridized carbons (Fsp3) is 0.368. The van der Waals surface area contributed by atoms with Crippen LogP contribution in [-0.2, 0) is 5.41 Å². The lowest BCUT2D eigenvalue weighted by molar-refractivity contribution is 0.104. The van der Waals surface area contributed by atoms with Crippen LogP contribution in [0.25, 0.3) is 6.08 Å². The lowest BCUT2D eigenvalue weighted by Gasteiger charge is -2.18. The van der Waals surface area contributed by atoms with Crippen LogP contribution in [0, 0.1) is 0 Å². The van der Waals surface area contributed by atoms with Gasteiger partial charge < -0.3 is 0 Å². The Kier molecular flexibility index (Phi) is 4.65. The van der Waals surface area contributed by atoms with Crippen molar-refractivity contribution in [2.24, 2.45) is 0 Å². The van der Waals surface area contributed by atoms with E-state index in [1.807, 2.05) is 32.1 Å². The molecule has 0 atom stereocenters. The van der Waals surface area contributed by atoms with E-state index >= 15 is 0 Å². The van der Waals surface area contributed by atoms with E-state index in [4.69, 9.17) is 0 Å². The summed E-state index contributed by atoms with van der Waals surface area (Å²) in [4.78, 5) is 12.1. The Morgan fingerprint density at radius 3 is 2.32 bits per heavy atom. The minimum atomic E-state index is -0.0215. The van der Waals surface area contributed by atoms with Gasteiger partial charge in [0.2, 0.25) is 0 Å². The standard InChI is InChI=1S/C19H24N2O/c1-14(2)21-13-16(12-20-21)18(22)11-8-15-6-9-17(10-7-15)19(3,4)5/h6-14H,1-5H3. The molecular formula is C19H24N2O. The molecule has 0 aliphatic carbocycles. The monoisotopic (exact) mass is 296 g/mol. The first-order valence-electron chi connectivity index (χ1n) is 7.64. The van der Waals surface area contributed by atoms with Crippen molar-refractivity contribution in [3.05, 3.63) is 59.4 Å². The van der Waals surface area contributed by atoms with Crippen LogP contribution < -0.4 is 0 Å². The van der Waals surface area contributed by atoms with Crippen LogP contribution in [0.1, 0.15) is 62.1 Å². The van der Waals surface area contributed by atoms with E-state index in [1.165, 1.54) is 5.56 Å². The Bertz CT molecular complexity index is 670. The zero-order chi connectivity index (χ0) is 16.3. The van der Waals surface area contributed by atoms with Gasteiger partial charge in [-0.3, -0.25) is 9.48 Å². The average Bonchev–Trinajstić information content (AvgIpc) is 2.94. The van der Waals surface area contributed by atoms with Gasteiger partial charge in [-0.05, 0) is 36.5 Å². The Morgan fingerprint density at radius 1 is 1.18 bits per heavy atom. The van der Waals surface area contributed by atoms with Gasteiger partial charge in [-0.2, -0.15) is 5.10 Å². The summed E-state index contributed by atoms with van der Waals surface area (Å²) in [5.74, 6) is -0.0215. The van der Waals surface area contributed by atoms with E-state index in [0.717, 1.165) is 5.56 Å². The number of hydrogen-bond donors (Lipinski definition) is 0. The molecule has 1 aromatic heterocycles. The first-order valence-corrected chi connectivity index (χ1v) is 7.64. The highest BCUT2D eigenvalue weighted by Gasteiger charge is 2.12. The summed E-state index contributed by atoms with van der Waals surface area (Å²) in [7, 11) is 0.